The Morgan fingerprint density at radius 2 is 0.862 bits per heavy atom. The van der Waals surface area contributed by atoms with Crippen molar-refractivity contribution in [3.63, 3.8) is 0 Å². The van der Waals surface area contributed by atoms with Crippen LogP contribution in [-0.4, -0.2) is 271 Å². The molecule has 6 fully saturated rings. The van der Waals surface area contributed by atoms with E-state index in [0.717, 1.165) is 185 Å². The zero-order valence-electron chi connectivity index (χ0n) is 70.6. The third kappa shape index (κ3) is 20.2. The Morgan fingerprint density at radius 1 is 0.447 bits per heavy atom. The van der Waals surface area contributed by atoms with Gasteiger partial charge in [0.2, 0.25) is 17.7 Å². The molecule has 3 amide bonds. The molecule has 648 valence electrons. The molecule has 29 heteroatoms. The number of benzene rings is 6. The van der Waals surface area contributed by atoms with Gasteiger partial charge in [-0.2, -0.15) is 29.9 Å². The number of hydrogen-bond acceptors (Lipinski definition) is 23. The lowest BCUT2D eigenvalue weighted by molar-refractivity contribution is -0.127. The summed E-state index contributed by atoms with van der Waals surface area (Å²) in [5.41, 5.74) is 8.81. The summed E-state index contributed by atoms with van der Waals surface area (Å²) in [5, 5.41) is 26.8. The molecule has 2 atom stereocenters. The first kappa shape index (κ1) is 85.0. The number of fused-ring (bicyclic) bond motifs is 6. The highest BCUT2D eigenvalue weighted by atomic mass is 19.3. The number of piperidine rings is 2. The maximum atomic E-state index is 13.9. The van der Waals surface area contributed by atoms with Gasteiger partial charge in [-0.15, -0.1) is 0 Å². The number of carbonyl (C=O) groups is 3. The fourth-order valence-electron chi connectivity index (χ4n) is 18.8. The van der Waals surface area contributed by atoms with Crippen LogP contribution in [0.2, 0.25) is 0 Å². The minimum Gasteiger partial charge on any atom is -0.508 e. The largest absolute Gasteiger partial charge is 0.508 e. The molecule has 9 aromatic rings. The summed E-state index contributed by atoms with van der Waals surface area (Å²) in [6, 6.07) is 35.5. The number of phenols is 2. The maximum absolute atomic E-state index is 13.9. The molecule has 18 rings (SSSR count). The first-order valence-corrected chi connectivity index (χ1v) is 43.8. The number of ether oxygens (including phenoxy) is 3. The van der Waals surface area contributed by atoms with Gasteiger partial charge in [-0.1, -0.05) is 99.0 Å². The van der Waals surface area contributed by atoms with Crippen LogP contribution in [0.4, 0.5) is 47.7 Å². The molecule has 26 nitrogen and oxygen atoms in total. The van der Waals surface area contributed by atoms with Crippen LogP contribution in [-0.2, 0) is 53.3 Å². The molecule has 9 aliphatic rings. The summed E-state index contributed by atoms with van der Waals surface area (Å²) in [6.45, 7) is 31.3. The van der Waals surface area contributed by atoms with E-state index < -0.39 is 12.6 Å². The van der Waals surface area contributed by atoms with Gasteiger partial charge in [0.15, 0.2) is 0 Å². The zero-order valence-corrected chi connectivity index (χ0v) is 70.6. The van der Waals surface area contributed by atoms with Gasteiger partial charge in [-0.25, -0.2) is 13.2 Å². The molecule has 6 aromatic carbocycles. The highest BCUT2D eigenvalue weighted by Gasteiger charge is 2.35. The van der Waals surface area contributed by atoms with Crippen LogP contribution in [0.25, 0.3) is 32.3 Å². The van der Waals surface area contributed by atoms with E-state index in [1.54, 1.807) is 34.1 Å². The van der Waals surface area contributed by atoms with Crippen molar-refractivity contribution < 1.29 is 52.0 Å². The first-order chi connectivity index (χ1) is 60.0. The predicted octanol–water partition coefficient (Wildman–Crippen LogP) is 11.8. The molecular weight excluding hydrogens is 1570 g/mol. The third-order valence-electron chi connectivity index (χ3n) is 25.4. The molecule has 0 aliphatic carbocycles. The molecule has 6 saturated heterocycles. The van der Waals surface area contributed by atoms with Crippen molar-refractivity contribution in [3.8, 4) is 29.5 Å². The van der Waals surface area contributed by atoms with Gasteiger partial charge in [0.05, 0.1) is 49.9 Å². The van der Waals surface area contributed by atoms with E-state index in [4.69, 9.17) is 44.1 Å². The number of halogens is 3. The Bertz CT molecular complexity index is 5290. The normalized spacial score (nSPS) is 19.1. The molecular formula is C94H113F3N18O8. The summed E-state index contributed by atoms with van der Waals surface area (Å²) < 4.78 is 60.1. The van der Waals surface area contributed by atoms with E-state index in [9.17, 15) is 37.8 Å². The fourth-order valence-corrected chi connectivity index (χ4v) is 18.8. The topological polar surface area (TPSA) is 236 Å². The van der Waals surface area contributed by atoms with E-state index in [2.05, 4.69) is 83.0 Å². The van der Waals surface area contributed by atoms with Crippen molar-refractivity contribution in [2.75, 3.05) is 207 Å². The monoisotopic (exact) mass is 1680 g/mol. The Labute approximate surface area is 717 Å². The standard InChI is InChI=1S/C33H40F2N6O2.C31H37FN6O3.C30H36N6O3/c1-2-30(42)39-16-18-40(19-17-39)32-27-11-15-41(29-22-25(31(34)35)21-24-9-4-5-10-26(24)29)23-28(27)36-33(37-32)43-20-8-14-38-12-6-3-7-13-38;1-2-29(40)36-12-14-37(15-13-36)30-26-9-11-38(28-19-24(39)18-22-6-3-4-8-25(22)28)21-27(26)33-31(34-30)41-17-16-35-10-5-7-23(32)20-35;1-3-28(38)34-12-14-35(15-13-34)29-25-9-11-36(27-17-23(37)16-22-6-4-5-7-24(22)27)19-26(25)31-30(32-29)39-20-21-8-10-33(2)18-21/h2,4-5,9-10,21-22,31H,1,3,6-8,11-20,23H2;2-4,6,8,18-19,23,39H,1,5,7,9-17,20-21H2;3-7,16-17,21,37H,1,8-15,18-20H2,2H3/t;23-;21-/m.01/s1. The van der Waals surface area contributed by atoms with Crippen LogP contribution in [0.3, 0.4) is 0 Å². The number of amides is 3. The highest BCUT2D eigenvalue weighted by molar-refractivity contribution is 5.98. The quantitative estimate of drug-likeness (QED) is 0.0474. The van der Waals surface area contributed by atoms with Crippen molar-refractivity contribution >= 4 is 84.6 Å². The van der Waals surface area contributed by atoms with Crippen LogP contribution in [0.5, 0.6) is 29.5 Å². The number of aromatic nitrogens is 6. The molecule has 0 saturated carbocycles. The summed E-state index contributed by atoms with van der Waals surface area (Å²) in [6.07, 6.45) is 10.3. The van der Waals surface area contributed by atoms with Crippen LogP contribution in [0, 0.1) is 5.92 Å². The predicted molar refractivity (Wildman–Crippen MR) is 475 cm³/mol. The molecule has 0 radical (unpaired) electrons. The molecule has 123 heavy (non-hydrogen) atoms. The number of carbonyl (C=O) groups excluding carboxylic acids is 3. The maximum Gasteiger partial charge on any atom is 0.318 e. The van der Waals surface area contributed by atoms with Gasteiger partial charge in [0, 0.05) is 198 Å². The molecule has 0 unspecified atom stereocenters. The average molecular weight is 1680 g/mol. The molecule has 9 aliphatic heterocycles. The van der Waals surface area contributed by atoms with E-state index in [1.807, 2.05) is 77.7 Å². The van der Waals surface area contributed by atoms with Crippen LogP contribution in [0.1, 0.15) is 90.7 Å². The lowest BCUT2D eigenvalue weighted by Gasteiger charge is -2.38. The Hall–Kier alpha value is -11.6. The number of rotatable bonds is 22. The minimum atomic E-state index is -2.55. The summed E-state index contributed by atoms with van der Waals surface area (Å²) in [4.78, 5) is 91.6. The van der Waals surface area contributed by atoms with Gasteiger partial charge < -0.3 is 78.3 Å². The Morgan fingerprint density at radius 3 is 1.28 bits per heavy atom. The SMILES string of the molecule is C=CC(=O)N1CCN(c2nc(OCCCN3CCCCC3)nc3c2CCN(c2cc(C(F)F)cc4ccccc24)C3)CC1.C=CC(=O)N1CCN(c2nc(OCCN3CCC[C@H](F)C3)nc3c2CCN(c2cc(O)cc4ccccc24)C3)CC1.C=CC(=O)N1CCN(c2nc(OC[C@@H]3CCN(C)C3)nc3c2CCN(c2cc(O)cc4ccccc24)C3)CC1. The second kappa shape index (κ2) is 39.3. The van der Waals surface area contributed by atoms with E-state index in [1.165, 1.54) is 37.5 Å². The molecule has 2 N–H and O–H groups in total. The molecule has 3 aromatic heterocycles. The summed E-state index contributed by atoms with van der Waals surface area (Å²) in [5.74, 6) is 3.46. The number of likely N-dealkylation sites (tertiary alicyclic amines) is 3. The van der Waals surface area contributed by atoms with Crippen molar-refractivity contribution in [2.45, 2.75) is 96.4 Å². The highest BCUT2D eigenvalue weighted by Crippen LogP contribution is 2.42. The smallest absolute Gasteiger partial charge is 0.318 e. The minimum absolute atomic E-state index is 0.0209. The van der Waals surface area contributed by atoms with Gasteiger partial charge in [0.25, 0.3) is 6.43 Å². The number of aromatic hydroxyl groups is 2. The van der Waals surface area contributed by atoms with Gasteiger partial charge in [-0.05, 0) is 150 Å². The lowest BCUT2D eigenvalue weighted by atomic mass is 10.00. The lowest BCUT2D eigenvalue weighted by Crippen LogP contribution is -2.49. The Balaban J connectivity index is 0.000000137. The van der Waals surface area contributed by atoms with E-state index >= 15 is 0 Å². The third-order valence-corrected chi connectivity index (χ3v) is 25.4. The van der Waals surface area contributed by atoms with Crippen LogP contribution >= 0.6 is 0 Å². The van der Waals surface area contributed by atoms with E-state index in [0.29, 0.717) is 174 Å². The van der Waals surface area contributed by atoms with Crippen molar-refractivity contribution in [1.82, 2.24) is 59.3 Å². The number of alkyl halides is 3. The summed E-state index contributed by atoms with van der Waals surface area (Å²) >= 11 is 0. The number of nitrogens with zero attached hydrogens (tertiary/aromatic N) is 18. The van der Waals surface area contributed by atoms with Gasteiger partial charge in [0.1, 0.15) is 41.7 Å². The first-order valence-electron chi connectivity index (χ1n) is 43.8. The number of piperazine rings is 3. The molecule has 0 spiro atoms. The number of hydrogen-bond donors (Lipinski definition) is 2. The van der Waals surface area contributed by atoms with Crippen molar-refractivity contribution in [3.05, 3.63) is 186 Å². The van der Waals surface area contributed by atoms with Gasteiger partial charge in [-0.3, -0.25) is 19.3 Å². The zero-order chi connectivity index (χ0) is 85.0. The van der Waals surface area contributed by atoms with Crippen LogP contribution in [0.15, 0.2) is 147 Å². The van der Waals surface area contributed by atoms with Crippen LogP contribution < -0.4 is 43.6 Å². The molecule has 0 bridgehead atoms. The van der Waals surface area contributed by atoms with Crippen molar-refractivity contribution in [1.29, 1.82) is 0 Å². The van der Waals surface area contributed by atoms with Gasteiger partial charge >= 0.3 is 18.0 Å². The average Bonchev–Trinajstić information content (AvgIpc) is 0.784. The second-order valence-corrected chi connectivity index (χ2v) is 33.5. The number of anilines is 6. The van der Waals surface area contributed by atoms with E-state index in [-0.39, 0.29) is 34.8 Å². The number of phenolic OH excluding ortho intramolecular Hbond substituents is 2. The fraction of sp³-hybridized carbons (Fsp3) is 0.457. The summed E-state index contributed by atoms with van der Waals surface area (Å²) in [7, 11) is 2.14. The molecule has 12 heterocycles. The van der Waals surface area contributed by atoms with Crippen molar-refractivity contribution in [2.24, 2.45) is 5.92 Å². The Kier molecular flexibility index (Phi) is 27.2. The second-order valence-electron chi connectivity index (χ2n) is 33.5.